The van der Waals surface area contributed by atoms with Gasteiger partial charge in [-0.25, -0.2) is 4.68 Å². The highest BCUT2D eigenvalue weighted by Crippen LogP contribution is 2.38. The van der Waals surface area contributed by atoms with Crippen molar-refractivity contribution in [1.29, 1.82) is 0 Å². The van der Waals surface area contributed by atoms with Crippen molar-refractivity contribution in [3.8, 4) is 0 Å². The lowest BCUT2D eigenvalue weighted by Crippen LogP contribution is -2.52. The Hall–Kier alpha value is -1.43. The monoisotopic (exact) mass is 210 g/mol. The average molecular weight is 210 g/mol. The number of nitrogens with zero attached hydrogens (tertiary/aromatic N) is 3. The van der Waals surface area contributed by atoms with Crippen molar-refractivity contribution in [3.05, 3.63) is 11.9 Å². The molecule has 0 atom stereocenters. The smallest absolute Gasteiger partial charge is 0.247 e. The number of hydrogen-bond donors (Lipinski definition) is 2. The standard InChI is InChI=1S/C9H14N4O2/c1-10-8(15)9(3-2-4-9)13-5-7(6-14)11-12-13/h5,14H,2-4,6H2,1H3,(H,10,15). The quantitative estimate of drug-likeness (QED) is 0.698. The van der Waals surface area contributed by atoms with Crippen LogP contribution in [0.25, 0.3) is 0 Å². The molecule has 0 saturated heterocycles. The van der Waals surface area contributed by atoms with Crippen LogP contribution in [0, 0.1) is 0 Å². The first-order valence-electron chi connectivity index (χ1n) is 4.98. The fraction of sp³-hybridized carbons (Fsp3) is 0.667. The predicted octanol–water partition coefficient (Wildman–Crippen LogP) is -0.604. The van der Waals surface area contributed by atoms with Gasteiger partial charge in [0.2, 0.25) is 5.91 Å². The topological polar surface area (TPSA) is 80.0 Å². The fourth-order valence-corrected chi connectivity index (χ4v) is 1.88. The first-order valence-corrected chi connectivity index (χ1v) is 4.98. The number of nitrogens with one attached hydrogen (secondary N) is 1. The summed E-state index contributed by atoms with van der Waals surface area (Å²) in [6, 6.07) is 0. The molecule has 0 bridgehead atoms. The first kappa shape index (κ1) is 10.1. The molecule has 1 saturated carbocycles. The Morgan fingerprint density at radius 1 is 1.73 bits per heavy atom. The maximum atomic E-state index is 11.8. The van der Waals surface area contributed by atoms with Crippen LogP contribution in [0.2, 0.25) is 0 Å². The van der Waals surface area contributed by atoms with Crippen molar-refractivity contribution < 1.29 is 9.90 Å². The SMILES string of the molecule is CNC(=O)C1(n2cc(CO)nn2)CCC1. The molecule has 0 spiro atoms. The summed E-state index contributed by atoms with van der Waals surface area (Å²) in [5.41, 5.74) is -0.0833. The van der Waals surface area contributed by atoms with Crippen molar-refractivity contribution in [1.82, 2.24) is 20.3 Å². The van der Waals surface area contributed by atoms with Crippen molar-refractivity contribution in [3.63, 3.8) is 0 Å². The maximum absolute atomic E-state index is 11.8. The van der Waals surface area contributed by atoms with Gasteiger partial charge >= 0.3 is 0 Å². The molecule has 0 radical (unpaired) electrons. The average Bonchev–Trinajstić information content (AvgIpc) is 2.64. The number of rotatable bonds is 3. The van der Waals surface area contributed by atoms with E-state index in [1.54, 1.807) is 17.9 Å². The van der Waals surface area contributed by atoms with Crippen molar-refractivity contribution in [2.24, 2.45) is 0 Å². The lowest BCUT2D eigenvalue weighted by molar-refractivity contribution is -0.134. The molecule has 0 unspecified atom stereocenters. The van der Waals surface area contributed by atoms with Crippen LogP contribution in [0.1, 0.15) is 25.0 Å². The van der Waals surface area contributed by atoms with Crippen LogP contribution < -0.4 is 5.32 Å². The second-order valence-corrected chi connectivity index (χ2v) is 3.78. The van der Waals surface area contributed by atoms with E-state index in [-0.39, 0.29) is 12.5 Å². The van der Waals surface area contributed by atoms with Crippen molar-refractivity contribution >= 4 is 5.91 Å². The molecule has 6 heteroatoms. The summed E-state index contributed by atoms with van der Waals surface area (Å²) in [5, 5.41) is 19.2. The normalized spacial score (nSPS) is 18.3. The third-order valence-electron chi connectivity index (χ3n) is 2.97. The van der Waals surface area contributed by atoms with Gasteiger partial charge in [-0.3, -0.25) is 4.79 Å². The van der Waals surface area contributed by atoms with E-state index in [0.29, 0.717) is 5.69 Å². The molecular weight excluding hydrogens is 196 g/mol. The van der Waals surface area contributed by atoms with E-state index in [2.05, 4.69) is 15.6 Å². The van der Waals surface area contributed by atoms with E-state index in [1.165, 1.54) is 0 Å². The third kappa shape index (κ3) is 1.41. The number of carbonyl (C=O) groups excluding carboxylic acids is 1. The summed E-state index contributed by atoms with van der Waals surface area (Å²) in [6.45, 7) is -0.149. The van der Waals surface area contributed by atoms with Crippen molar-refractivity contribution in [2.45, 2.75) is 31.4 Å². The van der Waals surface area contributed by atoms with Gasteiger partial charge in [0.15, 0.2) is 0 Å². The van der Waals surface area contributed by atoms with E-state index in [0.717, 1.165) is 19.3 Å². The summed E-state index contributed by atoms with van der Waals surface area (Å²) in [7, 11) is 1.62. The van der Waals surface area contributed by atoms with Gasteiger partial charge in [-0.05, 0) is 19.3 Å². The Morgan fingerprint density at radius 3 is 2.87 bits per heavy atom. The number of aromatic nitrogens is 3. The van der Waals surface area contributed by atoms with Crippen LogP contribution in [0.15, 0.2) is 6.20 Å². The molecule has 1 aliphatic carbocycles. The molecule has 1 fully saturated rings. The second-order valence-electron chi connectivity index (χ2n) is 3.78. The Kier molecular flexibility index (Phi) is 2.44. The number of aliphatic hydroxyl groups excluding tert-OH is 1. The fourth-order valence-electron chi connectivity index (χ4n) is 1.88. The van der Waals surface area contributed by atoms with E-state index >= 15 is 0 Å². The van der Waals surface area contributed by atoms with E-state index < -0.39 is 5.54 Å². The predicted molar refractivity (Wildman–Crippen MR) is 51.8 cm³/mol. The van der Waals surface area contributed by atoms with Gasteiger partial charge in [0.1, 0.15) is 11.2 Å². The molecule has 15 heavy (non-hydrogen) atoms. The Balaban J connectivity index is 2.29. The Labute approximate surface area is 87.3 Å². The van der Waals surface area contributed by atoms with E-state index in [1.807, 2.05) is 0 Å². The van der Waals surface area contributed by atoms with Crippen LogP contribution in [-0.4, -0.2) is 33.1 Å². The molecule has 1 amide bonds. The molecular formula is C9H14N4O2. The van der Waals surface area contributed by atoms with Gasteiger partial charge in [0.25, 0.3) is 0 Å². The number of amides is 1. The van der Waals surface area contributed by atoms with Gasteiger partial charge in [-0.15, -0.1) is 5.10 Å². The van der Waals surface area contributed by atoms with Crippen molar-refractivity contribution in [2.75, 3.05) is 7.05 Å². The van der Waals surface area contributed by atoms with Gasteiger partial charge in [0, 0.05) is 7.05 Å². The van der Waals surface area contributed by atoms with Crippen LogP contribution in [-0.2, 0) is 16.9 Å². The molecule has 2 N–H and O–H groups in total. The molecule has 0 aromatic carbocycles. The van der Waals surface area contributed by atoms with E-state index in [9.17, 15) is 4.79 Å². The van der Waals surface area contributed by atoms with Gasteiger partial charge in [-0.1, -0.05) is 5.21 Å². The zero-order valence-corrected chi connectivity index (χ0v) is 8.60. The third-order valence-corrected chi connectivity index (χ3v) is 2.97. The van der Waals surface area contributed by atoms with Gasteiger partial charge in [-0.2, -0.15) is 0 Å². The zero-order valence-electron chi connectivity index (χ0n) is 8.60. The minimum Gasteiger partial charge on any atom is -0.390 e. The molecule has 1 aromatic heterocycles. The van der Waals surface area contributed by atoms with E-state index in [4.69, 9.17) is 5.11 Å². The summed E-state index contributed by atoms with van der Waals surface area (Å²) >= 11 is 0. The minimum atomic E-state index is -0.574. The van der Waals surface area contributed by atoms with Crippen LogP contribution in [0.5, 0.6) is 0 Å². The first-order chi connectivity index (χ1) is 7.23. The molecule has 1 aliphatic rings. The summed E-state index contributed by atoms with van der Waals surface area (Å²) < 4.78 is 1.57. The van der Waals surface area contributed by atoms with Crippen LogP contribution in [0.4, 0.5) is 0 Å². The van der Waals surface area contributed by atoms with Gasteiger partial charge < -0.3 is 10.4 Å². The largest absolute Gasteiger partial charge is 0.390 e. The van der Waals surface area contributed by atoms with Crippen LogP contribution >= 0.6 is 0 Å². The van der Waals surface area contributed by atoms with Gasteiger partial charge in [0.05, 0.1) is 12.8 Å². The molecule has 0 aliphatic heterocycles. The number of carbonyl (C=O) groups is 1. The highest BCUT2D eigenvalue weighted by molar-refractivity contribution is 5.85. The Morgan fingerprint density at radius 2 is 2.47 bits per heavy atom. The summed E-state index contributed by atoms with van der Waals surface area (Å²) in [5.74, 6) is -0.0388. The molecule has 1 aromatic rings. The zero-order chi connectivity index (χ0) is 10.9. The highest BCUT2D eigenvalue weighted by atomic mass is 16.3. The Bertz CT molecular complexity index is 370. The molecule has 1 heterocycles. The van der Waals surface area contributed by atoms with Crippen LogP contribution in [0.3, 0.4) is 0 Å². The lowest BCUT2D eigenvalue weighted by atomic mass is 9.76. The number of hydrogen-bond acceptors (Lipinski definition) is 4. The highest BCUT2D eigenvalue weighted by Gasteiger charge is 2.46. The maximum Gasteiger partial charge on any atom is 0.247 e. The number of aliphatic hydroxyl groups is 1. The summed E-state index contributed by atoms with van der Waals surface area (Å²) in [6.07, 6.45) is 4.21. The summed E-state index contributed by atoms with van der Waals surface area (Å²) in [4.78, 5) is 11.8. The molecule has 82 valence electrons. The molecule has 2 rings (SSSR count). The second kappa shape index (κ2) is 3.62. The number of likely N-dealkylation sites (N-methyl/N-ethyl adjacent to an activating group) is 1. The minimum absolute atomic E-state index is 0.0388. The molecule has 6 nitrogen and oxygen atoms in total. The lowest BCUT2D eigenvalue weighted by Gasteiger charge is -2.39.